The zero-order valence-electron chi connectivity index (χ0n) is 15.3. The summed E-state index contributed by atoms with van der Waals surface area (Å²) in [7, 11) is 0. The lowest BCUT2D eigenvalue weighted by molar-refractivity contribution is -0.146. The van der Waals surface area contributed by atoms with E-state index in [-0.39, 0.29) is 29.4 Å². The maximum Gasteiger partial charge on any atom is 0.308 e. The fourth-order valence-corrected chi connectivity index (χ4v) is 4.32. The lowest BCUT2D eigenvalue weighted by Crippen LogP contribution is -2.51. The zero-order valence-corrected chi connectivity index (χ0v) is 16.9. The van der Waals surface area contributed by atoms with Crippen LogP contribution in [0, 0.1) is 0 Å². The van der Waals surface area contributed by atoms with Crippen LogP contribution in [0.15, 0.2) is 23.0 Å². The van der Waals surface area contributed by atoms with E-state index >= 15 is 0 Å². The minimum Gasteiger partial charge on any atom is -0.461 e. The summed E-state index contributed by atoms with van der Waals surface area (Å²) >= 11 is 7.15. The van der Waals surface area contributed by atoms with Gasteiger partial charge in [-0.15, -0.1) is 0 Å². The Morgan fingerprint density at radius 3 is 2.63 bits per heavy atom. The summed E-state index contributed by atoms with van der Waals surface area (Å²) in [5.74, 6) is -0.366. The minimum absolute atomic E-state index is 0.0169. The maximum atomic E-state index is 12.7. The number of hydrogen-bond donors (Lipinski definition) is 0. The number of halogens is 1. The number of ether oxygens (including phenoxy) is 1. The van der Waals surface area contributed by atoms with E-state index in [9.17, 15) is 14.4 Å². The van der Waals surface area contributed by atoms with Crippen LogP contribution in [-0.2, 0) is 20.9 Å². The smallest absolute Gasteiger partial charge is 0.308 e. The van der Waals surface area contributed by atoms with Crippen molar-refractivity contribution in [3.05, 3.63) is 32.9 Å². The van der Waals surface area contributed by atoms with E-state index in [1.54, 1.807) is 23.1 Å². The van der Waals surface area contributed by atoms with Crippen LogP contribution in [0.5, 0.6) is 0 Å². The Morgan fingerprint density at radius 1 is 1.26 bits per heavy atom. The first-order valence-electron chi connectivity index (χ1n) is 8.79. The van der Waals surface area contributed by atoms with Crippen molar-refractivity contribution in [1.29, 1.82) is 0 Å². The van der Waals surface area contributed by atoms with Crippen molar-refractivity contribution in [1.82, 2.24) is 14.4 Å². The molecule has 1 aliphatic heterocycles. The highest BCUT2D eigenvalue weighted by Crippen LogP contribution is 2.21. The average molecular weight is 412 g/mol. The van der Waals surface area contributed by atoms with Gasteiger partial charge in [0.25, 0.3) is 0 Å². The molecule has 1 unspecified atom stereocenters. The highest BCUT2D eigenvalue weighted by molar-refractivity contribution is 7.16. The van der Waals surface area contributed by atoms with Gasteiger partial charge in [0.15, 0.2) is 0 Å². The Morgan fingerprint density at radius 2 is 1.96 bits per heavy atom. The third-order valence-electron chi connectivity index (χ3n) is 4.53. The molecule has 146 valence electrons. The summed E-state index contributed by atoms with van der Waals surface area (Å²) in [6.07, 6.45) is -0.176. The summed E-state index contributed by atoms with van der Waals surface area (Å²) in [5, 5.41) is 0.539. The van der Waals surface area contributed by atoms with Gasteiger partial charge in [-0.1, -0.05) is 22.9 Å². The summed E-state index contributed by atoms with van der Waals surface area (Å²) < 4.78 is 7.46. The summed E-state index contributed by atoms with van der Waals surface area (Å²) in [4.78, 5) is 39.7. The Hall–Kier alpha value is -1.90. The Bertz CT molecular complexity index is 902. The van der Waals surface area contributed by atoms with Crippen LogP contribution >= 0.6 is 22.9 Å². The minimum atomic E-state index is -0.287. The molecule has 1 amide bonds. The number of carbonyl (C=O) groups excluding carboxylic acids is 2. The van der Waals surface area contributed by atoms with Crippen LogP contribution < -0.4 is 4.87 Å². The van der Waals surface area contributed by atoms with Crippen LogP contribution in [0.25, 0.3) is 10.2 Å². The molecule has 1 aliphatic rings. The quantitative estimate of drug-likeness (QED) is 0.702. The summed E-state index contributed by atoms with van der Waals surface area (Å²) in [5.41, 5.74) is 0.694. The second-order valence-electron chi connectivity index (χ2n) is 6.67. The molecular formula is C18H22ClN3O4S. The zero-order chi connectivity index (χ0) is 19.6. The predicted molar refractivity (Wildman–Crippen MR) is 105 cm³/mol. The lowest BCUT2D eigenvalue weighted by Gasteiger charge is -2.35. The molecule has 2 aromatic rings. The first-order valence-corrected chi connectivity index (χ1v) is 9.99. The molecule has 0 N–H and O–H groups in total. The van der Waals surface area contributed by atoms with Gasteiger partial charge in [-0.3, -0.25) is 23.9 Å². The topological polar surface area (TPSA) is 71.8 Å². The third kappa shape index (κ3) is 4.88. The maximum absolute atomic E-state index is 12.7. The molecule has 7 nitrogen and oxygen atoms in total. The number of piperazine rings is 1. The highest BCUT2D eigenvalue weighted by atomic mass is 35.5. The number of nitrogens with zero attached hydrogens (tertiary/aromatic N) is 3. The first kappa shape index (κ1) is 19.9. The van der Waals surface area contributed by atoms with Crippen LogP contribution in [0.3, 0.4) is 0 Å². The monoisotopic (exact) mass is 411 g/mol. The van der Waals surface area contributed by atoms with Crippen molar-refractivity contribution in [2.75, 3.05) is 32.7 Å². The fourth-order valence-electron chi connectivity index (χ4n) is 3.28. The van der Waals surface area contributed by atoms with Crippen LogP contribution in [0.2, 0.25) is 5.02 Å². The molecule has 2 heterocycles. The summed E-state index contributed by atoms with van der Waals surface area (Å²) in [6, 6.07) is 5.26. The van der Waals surface area contributed by atoms with Crippen LogP contribution in [0.1, 0.15) is 13.8 Å². The molecule has 0 saturated carbocycles. The van der Waals surface area contributed by atoms with Crippen molar-refractivity contribution in [2.45, 2.75) is 26.5 Å². The van der Waals surface area contributed by atoms with Crippen LogP contribution in [-0.4, -0.2) is 65.1 Å². The average Bonchev–Trinajstić information content (AvgIpc) is 2.90. The van der Waals surface area contributed by atoms with E-state index in [1.165, 1.54) is 11.5 Å². The van der Waals surface area contributed by atoms with E-state index in [0.717, 1.165) is 16.0 Å². The number of fused-ring (bicyclic) bond motifs is 1. The number of carbonyl (C=O) groups is 2. The molecule has 1 saturated heterocycles. The largest absolute Gasteiger partial charge is 0.461 e. The van der Waals surface area contributed by atoms with Crippen molar-refractivity contribution in [2.24, 2.45) is 0 Å². The van der Waals surface area contributed by atoms with Gasteiger partial charge in [-0.05, 0) is 25.1 Å². The predicted octanol–water partition coefficient (Wildman–Crippen LogP) is 1.81. The molecule has 0 bridgehead atoms. The van der Waals surface area contributed by atoms with Gasteiger partial charge in [0.2, 0.25) is 5.91 Å². The van der Waals surface area contributed by atoms with Gasteiger partial charge >= 0.3 is 10.8 Å². The Kier molecular flexibility index (Phi) is 6.18. The SMILES string of the molecule is CC(=O)OC(C)CN1CCN(C(=O)Cn2c(=O)sc3ccc(Cl)cc32)CC1. The molecule has 0 radical (unpaired) electrons. The molecule has 1 aromatic heterocycles. The van der Waals surface area contributed by atoms with Gasteiger partial charge in [0, 0.05) is 44.7 Å². The van der Waals surface area contributed by atoms with Crippen molar-refractivity contribution in [3.8, 4) is 0 Å². The van der Waals surface area contributed by atoms with Crippen molar-refractivity contribution < 1.29 is 14.3 Å². The fraction of sp³-hybridized carbons (Fsp3) is 0.500. The standard InChI is InChI=1S/C18H22ClN3O4S/c1-12(26-13(2)23)10-20-5-7-21(8-6-20)17(24)11-22-15-9-14(19)3-4-16(15)27-18(22)25/h3-4,9,12H,5-8,10-11H2,1-2H3. The molecule has 1 fully saturated rings. The molecule has 9 heteroatoms. The first-order chi connectivity index (χ1) is 12.8. The molecule has 3 rings (SSSR count). The second kappa shape index (κ2) is 8.41. The van der Waals surface area contributed by atoms with Gasteiger partial charge in [-0.25, -0.2) is 0 Å². The van der Waals surface area contributed by atoms with Gasteiger partial charge in [-0.2, -0.15) is 0 Å². The number of amides is 1. The van der Waals surface area contributed by atoms with Gasteiger partial charge < -0.3 is 9.64 Å². The molecule has 1 aromatic carbocycles. The third-order valence-corrected chi connectivity index (χ3v) is 5.73. The number of aromatic nitrogens is 1. The molecule has 0 spiro atoms. The number of hydrogen-bond acceptors (Lipinski definition) is 6. The van der Waals surface area contributed by atoms with Gasteiger partial charge in [0.05, 0.1) is 10.2 Å². The van der Waals surface area contributed by atoms with E-state index < -0.39 is 0 Å². The number of thiazole rings is 1. The van der Waals surface area contributed by atoms with Crippen LogP contribution in [0.4, 0.5) is 0 Å². The Labute approximate surface area is 166 Å². The highest BCUT2D eigenvalue weighted by Gasteiger charge is 2.23. The van der Waals surface area contributed by atoms with E-state index in [0.29, 0.717) is 43.3 Å². The van der Waals surface area contributed by atoms with Crippen molar-refractivity contribution in [3.63, 3.8) is 0 Å². The normalized spacial score (nSPS) is 16.5. The number of esters is 1. The number of rotatable bonds is 5. The van der Waals surface area contributed by atoms with E-state index in [4.69, 9.17) is 16.3 Å². The molecule has 1 atom stereocenters. The van der Waals surface area contributed by atoms with E-state index in [2.05, 4.69) is 4.90 Å². The van der Waals surface area contributed by atoms with E-state index in [1.807, 2.05) is 6.92 Å². The van der Waals surface area contributed by atoms with Gasteiger partial charge in [0.1, 0.15) is 12.6 Å². The molecular weight excluding hydrogens is 390 g/mol. The molecule has 0 aliphatic carbocycles. The molecule has 27 heavy (non-hydrogen) atoms. The second-order valence-corrected chi connectivity index (χ2v) is 8.10. The lowest BCUT2D eigenvalue weighted by atomic mass is 10.2. The Balaban J connectivity index is 1.59. The van der Waals surface area contributed by atoms with Crippen molar-refractivity contribution >= 4 is 45.0 Å². The number of benzene rings is 1. The summed E-state index contributed by atoms with van der Waals surface area (Å²) in [6.45, 7) is 6.52.